The van der Waals surface area contributed by atoms with Crippen molar-refractivity contribution >= 4 is 23.4 Å². The van der Waals surface area contributed by atoms with Crippen molar-refractivity contribution in [3.05, 3.63) is 47.7 Å². The number of nitrogens with zero attached hydrogens (tertiary/aromatic N) is 3. The zero-order chi connectivity index (χ0) is 24.5. The van der Waals surface area contributed by atoms with Crippen molar-refractivity contribution in [1.82, 2.24) is 9.88 Å². The molecule has 5 rings (SSSR count). The van der Waals surface area contributed by atoms with E-state index in [2.05, 4.69) is 10.3 Å². The highest BCUT2D eigenvalue weighted by Crippen LogP contribution is 2.59. The Bertz CT molecular complexity index is 1160. The van der Waals surface area contributed by atoms with Gasteiger partial charge in [0.1, 0.15) is 11.6 Å². The first-order valence-electron chi connectivity index (χ1n) is 11.2. The predicted molar refractivity (Wildman–Crippen MR) is 119 cm³/mol. The van der Waals surface area contributed by atoms with E-state index in [1.165, 1.54) is 29.2 Å². The number of nitrogens with one attached hydrogen (secondary N) is 1. The maximum atomic E-state index is 13.5. The van der Waals surface area contributed by atoms with E-state index < -0.39 is 29.1 Å². The van der Waals surface area contributed by atoms with Crippen LogP contribution in [0.3, 0.4) is 0 Å². The number of amides is 3. The van der Waals surface area contributed by atoms with E-state index in [1.54, 1.807) is 26.1 Å². The molecule has 34 heavy (non-hydrogen) atoms. The minimum absolute atomic E-state index is 0.0457. The molecule has 180 valence electrons. The summed E-state index contributed by atoms with van der Waals surface area (Å²) in [4.78, 5) is 33.4. The number of hydrogen-bond donors (Lipinski definition) is 1. The zero-order valence-electron chi connectivity index (χ0n) is 19.1. The fourth-order valence-corrected chi connectivity index (χ4v) is 4.64. The van der Waals surface area contributed by atoms with E-state index in [1.807, 2.05) is 6.92 Å². The lowest BCUT2D eigenvalue weighted by molar-refractivity contribution is -0.160. The largest absolute Gasteiger partial charge is 0.485 e. The van der Waals surface area contributed by atoms with Crippen LogP contribution in [0.25, 0.3) is 0 Å². The summed E-state index contributed by atoms with van der Waals surface area (Å²) < 4.78 is 46.3. The summed E-state index contributed by atoms with van der Waals surface area (Å²) >= 11 is 0. The highest BCUT2D eigenvalue weighted by atomic mass is 19.4. The van der Waals surface area contributed by atoms with Crippen LogP contribution < -0.4 is 15.0 Å². The third-order valence-electron chi connectivity index (χ3n) is 6.98. The minimum Gasteiger partial charge on any atom is -0.485 e. The lowest BCUT2D eigenvalue weighted by Crippen LogP contribution is -2.44. The van der Waals surface area contributed by atoms with Crippen molar-refractivity contribution in [2.45, 2.75) is 63.4 Å². The molecule has 3 amide bonds. The first kappa shape index (κ1) is 22.5. The molecular formula is C24H25F3N4O3. The van der Waals surface area contributed by atoms with Gasteiger partial charge in [0.25, 0.3) is 5.91 Å². The molecule has 2 aliphatic heterocycles. The van der Waals surface area contributed by atoms with Gasteiger partial charge in [0.2, 0.25) is 0 Å². The maximum absolute atomic E-state index is 13.5. The van der Waals surface area contributed by atoms with Crippen molar-refractivity contribution in [3.8, 4) is 5.75 Å². The number of rotatable bonds is 4. The molecular weight excluding hydrogens is 449 g/mol. The van der Waals surface area contributed by atoms with Crippen LogP contribution in [0.5, 0.6) is 5.75 Å². The number of halogens is 3. The summed E-state index contributed by atoms with van der Waals surface area (Å²) in [6.45, 7) is 5.94. The predicted octanol–water partition coefficient (Wildman–Crippen LogP) is 4.62. The average Bonchev–Trinajstić information content (AvgIpc) is 3.57. The van der Waals surface area contributed by atoms with Crippen LogP contribution in [0.4, 0.5) is 29.5 Å². The molecule has 10 heteroatoms. The topological polar surface area (TPSA) is 74.8 Å². The van der Waals surface area contributed by atoms with Gasteiger partial charge in [-0.15, -0.1) is 0 Å². The second-order valence-corrected chi connectivity index (χ2v) is 9.65. The van der Waals surface area contributed by atoms with E-state index in [0.29, 0.717) is 23.7 Å². The van der Waals surface area contributed by atoms with Gasteiger partial charge in [-0.1, -0.05) is 12.1 Å². The highest BCUT2D eigenvalue weighted by Gasteiger charge is 2.64. The van der Waals surface area contributed by atoms with E-state index in [-0.39, 0.29) is 36.7 Å². The first-order chi connectivity index (χ1) is 16.0. The molecule has 1 aliphatic carbocycles. The van der Waals surface area contributed by atoms with Crippen LogP contribution in [0.2, 0.25) is 0 Å². The summed E-state index contributed by atoms with van der Waals surface area (Å²) in [5.74, 6) is 0.678. The Balaban J connectivity index is 1.43. The Morgan fingerprint density at radius 3 is 2.44 bits per heavy atom. The van der Waals surface area contributed by atoms with Crippen LogP contribution in [0.15, 0.2) is 36.5 Å². The Labute approximate surface area is 194 Å². The Hall–Kier alpha value is -3.30. The molecule has 1 aromatic heterocycles. The standard InChI is InChI=1S/C24H25F3N4O3/c1-14-12-29-19-18(34-14)15(8-11-28-19)13-30-21(33)31(20(32)22(30,2)3)17-6-4-16(5-7-17)23(9-10-23)24(25,26)27/h4-8,11,14H,9-10,12-13H2,1-3H3,(H,28,29)/t14-/m0/s1. The third kappa shape index (κ3) is 3.30. The van der Waals surface area contributed by atoms with Gasteiger partial charge in [0, 0.05) is 11.8 Å². The van der Waals surface area contributed by atoms with Crippen molar-refractivity contribution < 1.29 is 27.5 Å². The van der Waals surface area contributed by atoms with Gasteiger partial charge >= 0.3 is 12.2 Å². The monoisotopic (exact) mass is 474 g/mol. The molecule has 0 radical (unpaired) electrons. The van der Waals surface area contributed by atoms with Crippen molar-refractivity contribution in [1.29, 1.82) is 0 Å². The van der Waals surface area contributed by atoms with Gasteiger partial charge in [-0.3, -0.25) is 4.79 Å². The molecule has 1 N–H and O–H groups in total. The van der Waals surface area contributed by atoms with Crippen LogP contribution in [0, 0.1) is 0 Å². The fourth-order valence-electron chi connectivity index (χ4n) is 4.64. The molecule has 3 aliphatic rings. The summed E-state index contributed by atoms with van der Waals surface area (Å²) in [5, 5.41) is 3.19. The quantitative estimate of drug-likeness (QED) is 0.655. The zero-order valence-corrected chi connectivity index (χ0v) is 19.1. The van der Waals surface area contributed by atoms with Gasteiger partial charge in [-0.2, -0.15) is 13.2 Å². The number of urea groups is 1. The number of ether oxygens (including phenoxy) is 1. The van der Waals surface area contributed by atoms with E-state index in [0.717, 1.165) is 4.90 Å². The van der Waals surface area contributed by atoms with Gasteiger partial charge in [-0.05, 0) is 57.4 Å². The number of alkyl halides is 3. The van der Waals surface area contributed by atoms with E-state index in [9.17, 15) is 22.8 Å². The average molecular weight is 474 g/mol. The normalized spacial score (nSPS) is 22.8. The molecule has 2 aromatic rings. The molecule has 3 heterocycles. The lowest BCUT2D eigenvalue weighted by atomic mass is 9.95. The molecule has 1 saturated heterocycles. The van der Waals surface area contributed by atoms with Crippen molar-refractivity contribution in [2.24, 2.45) is 0 Å². The number of pyridine rings is 1. The molecule has 0 unspecified atom stereocenters. The summed E-state index contributed by atoms with van der Waals surface area (Å²) in [5.41, 5.74) is -1.88. The molecule has 1 atom stereocenters. The second-order valence-electron chi connectivity index (χ2n) is 9.65. The first-order valence-corrected chi connectivity index (χ1v) is 11.2. The molecule has 1 saturated carbocycles. The minimum atomic E-state index is -4.33. The van der Waals surface area contributed by atoms with Gasteiger partial charge in [0.05, 0.1) is 24.2 Å². The molecule has 1 aromatic carbocycles. The smallest absolute Gasteiger partial charge is 0.398 e. The van der Waals surface area contributed by atoms with Crippen LogP contribution in [-0.4, -0.2) is 46.2 Å². The molecule has 0 bridgehead atoms. The number of imide groups is 1. The summed E-state index contributed by atoms with van der Waals surface area (Å²) in [7, 11) is 0. The summed E-state index contributed by atoms with van der Waals surface area (Å²) in [6.07, 6.45) is -2.71. The maximum Gasteiger partial charge on any atom is 0.398 e. The molecule has 0 spiro atoms. The van der Waals surface area contributed by atoms with E-state index in [4.69, 9.17) is 4.74 Å². The number of hydrogen-bond acceptors (Lipinski definition) is 5. The Morgan fingerprint density at radius 1 is 1.15 bits per heavy atom. The number of aromatic nitrogens is 1. The lowest BCUT2D eigenvalue weighted by Gasteiger charge is -2.30. The second kappa shape index (κ2) is 7.35. The molecule has 2 fully saturated rings. The van der Waals surface area contributed by atoms with Gasteiger partial charge in [-0.25, -0.2) is 14.7 Å². The number of anilines is 2. The fraction of sp³-hybridized carbons (Fsp3) is 0.458. The van der Waals surface area contributed by atoms with Gasteiger partial charge in [0.15, 0.2) is 11.6 Å². The SMILES string of the molecule is C[C@H]1CNc2nccc(CN3C(=O)N(c4ccc(C5(C(F)(F)F)CC5)cc4)C(=O)C3(C)C)c2O1. The number of carbonyl (C=O) groups is 2. The van der Waals surface area contributed by atoms with E-state index >= 15 is 0 Å². The Kier molecular flexibility index (Phi) is 4.86. The van der Waals surface area contributed by atoms with Crippen molar-refractivity contribution in [3.63, 3.8) is 0 Å². The number of fused-ring (bicyclic) bond motifs is 1. The highest BCUT2D eigenvalue weighted by molar-refractivity contribution is 6.22. The van der Waals surface area contributed by atoms with Crippen LogP contribution >= 0.6 is 0 Å². The third-order valence-corrected chi connectivity index (χ3v) is 6.98. The van der Waals surface area contributed by atoms with Crippen LogP contribution in [0.1, 0.15) is 44.7 Å². The molecule has 7 nitrogen and oxygen atoms in total. The summed E-state index contributed by atoms with van der Waals surface area (Å²) in [6, 6.07) is 6.77. The van der Waals surface area contributed by atoms with Crippen molar-refractivity contribution in [2.75, 3.05) is 16.8 Å². The van der Waals surface area contributed by atoms with Crippen LogP contribution in [-0.2, 0) is 16.8 Å². The van der Waals surface area contributed by atoms with Gasteiger partial charge < -0.3 is 15.0 Å². The number of carbonyl (C=O) groups excluding carboxylic acids is 2. The number of benzene rings is 1. The Morgan fingerprint density at radius 2 is 1.82 bits per heavy atom.